The second-order valence-corrected chi connectivity index (χ2v) is 12.3. The number of thioether (sulfide) groups is 1. The van der Waals surface area contributed by atoms with Crippen LogP contribution < -0.4 is 10.1 Å². The lowest BCUT2D eigenvalue weighted by Crippen LogP contribution is -2.59. The summed E-state index contributed by atoms with van der Waals surface area (Å²) in [6.07, 6.45) is 0.887. The van der Waals surface area contributed by atoms with E-state index in [1.807, 2.05) is 52.0 Å². The maximum atomic E-state index is 13.8. The molecule has 2 amide bonds. The molecule has 1 aromatic rings. The van der Waals surface area contributed by atoms with E-state index in [0.29, 0.717) is 5.75 Å². The zero-order chi connectivity index (χ0) is 27.8. The quantitative estimate of drug-likeness (QED) is 0.389. The zero-order valence-electron chi connectivity index (χ0n) is 23.2. The first-order chi connectivity index (χ1) is 16.5. The molecule has 0 aliphatic rings. The van der Waals surface area contributed by atoms with E-state index < -0.39 is 34.5 Å². The minimum absolute atomic E-state index is 0.0505. The van der Waals surface area contributed by atoms with Crippen molar-refractivity contribution in [3.05, 3.63) is 41.5 Å². The summed E-state index contributed by atoms with van der Waals surface area (Å²) in [5, 5.41) is 12.1. The number of likely N-dealkylation sites (N-methyl/N-ethyl adjacent to an activating group) is 1. The first-order valence-corrected chi connectivity index (χ1v) is 12.9. The van der Waals surface area contributed by atoms with E-state index in [0.717, 1.165) is 11.3 Å². The molecule has 0 saturated heterocycles. The normalized spacial score (nSPS) is 14.1. The zero-order valence-corrected chi connectivity index (χ0v) is 24.0. The molecule has 0 saturated carbocycles. The van der Waals surface area contributed by atoms with Crippen LogP contribution in [0.15, 0.2) is 35.9 Å². The summed E-state index contributed by atoms with van der Waals surface area (Å²) >= 11 is 1.53. The molecular formula is C27H42N2O6S. The molecule has 1 rings (SSSR count). The van der Waals surface area contributed by atoms with Crippen molar-refractivity contribution in [1.82, 2.24) is 10.2 Å². The second-order valence-electron chi connectivity index (χ2n) is 10.7. The Morgan fingerprint density at radius 3 is 2.11 bits per heavy atom. The molecule has 0 radical (unpaired) electrons. The molecule has 9 heteroatoms. The lowest BCUT2D eigenvalue weighted by molar-refractivity contribution is -0.135. The molecule has 2 N–H and O–H groups in total. The number of carbonyl (C=O) groups is 3. The lowest BCUT2D eigenvalue weighted by Gasteiger charge is -2.39. The van der Waals surface area contributed by atoms with Crippen LogP contribution >= 0.6 is 11.8 Å². The molecule has 0 fully saturated rings. The van der Waals surface area contributed by atoms with Crippen LogP contribution in [0.4, 0.5) is 4.79 Å². The van der Waals surface area contributed by atoms with Gasteiger partial charge in [0, 0.05) is 23.1 Å². The number of carbonyl (C=O) groups excluding carboxylic acids is 2. The van der Waals surface area contributed by atoms with Crippen LogP contribution in [-0.4, -0.2) is 64.6 Å². The Hall–Kier alpha value is -2.68. The van der Waals surface area contributed by atoms with Crippen molar-refractivity contribution in [2.75, 3.05) is 14.2 Å². The van der Waals surface area contributed by atoms with E-state index >= 15 is 0 Å². The highest BCUT2D eigenvalue weighted by atomic mass is 32.2. The van der Waals surface area contributed by atoms with Crippen molar-refractivity contribution in [2.24, 2.45) is 5.92 Å². The van der Waals surface area contributed by atoms with E-state index in [9.17, 15) is 19.5 Å². The summed E-state index contributed by atoms with van der Waals surface area (Å²) in [5.41, 5.74) is 0.468. The molecule has 0 unspecified atom stereocenters. The van der Waals surface area contributed by atoms with Gasteiger partial charge in [0.25, 0.3) is 0 Å². The van der Waals surface area contributed by atoms with Crippen LogP contribution in [0, 0.1) is 5.92 Å². The largest absolute Gasteiger partial charge is 0.497 e. The number of ether oxygens (including phenoxy) is 2. The predicted molar refractivity (Wildman–Crippen MR) is 144 cm³/mol. The summed E-state index contributed by atoms with van der Waals surface area (Å²) in [5.74, 6) is -0.0627. The minimum Gasteiger partial charge on any atom is -0.497 e. The van der Waals surface area contributed by atoms with Crippen LogP contribution in [0.1, 0.15) is 61.0 Å². The molecule has 0 aromatic heterocycles. The summed E-state index contributed by atoms with van der Waals surface area (Å²) in [7, 11) is 3.24. The van der Waals surface area contributed by atoms with E-state index in [4.69, 9.17) is 9.47 Å². The highest BCUT2D eigenvalue weighted by Crippen LogP contribution is 2.33. The van der Waals surface area contributed by atoms with Crippen molar-refractivity contribution in [1.29, 1.82) is 0 Å². The van der Waals surface area contributed by atoms with Gasteiger partial charge >= 0.3 is 12.1 Å². The van der Waals surface area contributed by atoms with E-state index in [1.54, 1.807) is 41.0 Å². The molecule has 8 nitrogen and oxygen atoms in total. The number of nitrogens with one attached hydrogen (secondary N) is 1. The number of alkyl carbamates (subject to hydrolysis) is 1. The molecule has 2 atom stereocenters. The smallest absolute Gasteiger partial charge is 0.408 e. The number of carboxylic acids is 1. The van der Waals surface area contributed by atoms with Crippen LogP contribution in [0.3, 0.4) is 0 Å². The van der Waals surface area contributed by atoms with Gasteiger partial charge in [0.1, 0.15) is 17.4 Å². The number of aliphatic carboxylic acids is 1. The Morgan fingerprint density at radius 1 is 1.11 bits per heavy atom. The van der Waals surface area contributed by atoms with Crippen molar-refractivity contribution in [3.63, 3.8) is 0 Å². The van der Waals surface area contributed by atoms with Crippen molar-refractivity contribution in [2.45, 2.75) is 83.6 Å². The number of nitrogens with zero attached hydrogens (tertiary/aromatic N) is 1. The molecule has 0 bridgehead atoms. The number of carboxylic acid groups (broad SMARTS) is 1. The van der Waals surface area contributed by atoms with Crippen molar-refractivity contribution >= 4 is 29.7 Å². The van der Waals surface area contributed by atoms with Gasteiger partial charge in [-0.25, -0.2) is 9.59 Å². The lowest BCUT2D eigenvalue weighted by atomic mass is 9.96. The molecule has 202 valence electrons. The van der Waals surface area contributed by atoms with Crippen molar-refractivity contribution in [3.8, 4) is 5.75 Å². The number of methoxy groups -OCH3 is 1. The standard InChI is InChI=1S/C27H42N2O6S/c1-17(2)21(15-18(3)24(31)32)29(9)23(30)22(28-25(33)35-26(4,5)6)27(7,8)36-16-19-11-13-20(34-10)14-12-19/h11-15,17,21-22H,16H2,1-10H3,(H,28,33)(H,31,32)/b18-15+/t21-,22+/m0/s1. The van der Waals surface area contributed by atoms with Gasteiger partial charge in [0.05, 0.1) is 13.2 Å². The van der Waals surface area contributed by atoms with Gasteiger partial charge in [-0.15, -0.1) is 11.8 Å². The summed E-state index contributed by atoms with van der Waals surface area (Å²) in [4.78, 5) is 39.5. The van der Waals surface area contributed by atoms with E-state index in [2.05, 4.69) is 5.32 Å². The Morgan fingerprint density at radius 2 is 1.67 bits per heavy atom. The molecule has 0 aliphatic carbocycles. The minimum atomic E-state index is -1.04. The number of hydrogen-bond donors (Lipinski definition) is 2. The fraction of sp³-hybridized carbons (Fsp3) is 0.593. The summed E-state index contributed by atoms with van der Waals surface area (Å²) < 4.78 is 9.94. The third-order valence-corrected chi connectivity index (χ3v) is 7.07. The van der Waals surface area contributed by atoms with E-state index in [-0.39, 0.29) is 17.4 Å². The van der Waals surface area contributed by atoms with Crippen LogP contribution in [-0.2, 0) is 20.1 Å². The van der Waals surface area contributed by atoms with Gasteiger partial charge < -0.3 is 24.8 Å². The Bertz CT molecular complexity index is 935. The monoisotopic (exact) mass is 522 g/mol. The van der Waals surface area contributed by atoms with E-state index in [1.165, 1.54) is 23.6 Å². The molecule has 0 spiro atoms. The van der Waals surface area contributed by atoms with Gasteiger partial charge in [0.15, 0.2) is 0 Å². The number of rotatable bonds is 11. The Balaban J connectivity index is 3.28. The Labute approximate surface area is 219 Å². The number of hydrogen-bond acceptors (Lipinski definition) is 6. The highest BCUT2D eigenvalue weighted by molar-refractivity contribution is 7.99. The number of amides is 2. The molecular weight excluding hydrogens is 480 g/mol. The van der Waals surface area contributed by atoms with Crippen molar-refractivity contribution < 1.29 is 29.0 Å². The predicted octanol–water partition coefficient (Wildman–Crippen LogP) is 5.11. The number of benzene rings is 1. The Kier molecular flexibility index (Phi) is 11.4. The average Bonchev–Trinajstić information content (AvgIpc) is 2.77. The fourth-order valence-corrected chi connectivity index (χ4v) is 4.52. The van der Waals surface area contributed by atoms with Crippen LogP contribution in [0.5, 0.6) is 5.75 Å². The first-order valence-electron chi connectivity index (χ1n) is 11.9. The SMILES string of the molecule is COc1ccc(CSC(C)(C)[C@H](NC(=O)OC(C)(C)C)C(=O)N(C)[C@@H](/C=C(\C)C(=O)O)C(C)C)cc1. The first kappa shape index (κ1) is 31.4. The van der Waals surface area contributed by atoms with Gasteiger partial charge in [0.2, 0.25) is 5.91 Å². The second kappa shape index (κ2) is 13.0. The molecule has 0 aliphatic heterocycles. The molecule has 1 aromatic carbocycles. The van der Waals surface area contributed by atoms with Gasteiger partial charge in [-0.2, -0.15) is 0 Å². The maximum absolute atomic E-state index is 13.8. The maximum Gasteiger partial charge on any atom is 0.408 e. The molecule has 0 heterocycles. The topological polar surface area (TPSA) is 105 Å². The third kappa shape index (κ3) is 9.76. The third-order valence-electron chi connectivity index (χ3n) is 5.61. The van der Waals surface area contributed by atoms with Crippen LogP contribution in [0.25, 0.3) is 0 Å². The fourth-order valence-electron chi connectivity index (χ4n) is 3.46. The van der Waals surface area contributed by atoms with Crippen LogP contribution in [0.2, 0.25) is 0 Å². The van der Waals surface area contributed by atoms with Gasteiger partial charge in [-0.05, 0) is 65.2 Å². The van der Waals surface area contributed by atoms with Gasteiger partial charge in [-0.3, -0.25) is 4.79 Å². The van der Waals surface area contributed by atoms with Gasteiger partial charge in [-0.1, -0.05) is 32.1 Å². The average molecular weight is 523 g/mol. The summed E-state index contributed by atoms with van der Waals surface area (Å²) in [6.45, 7) is 14.4. The molecule has 36 heavy (non-hydrogen) atoms. The highest BCUT2D eigenvalue weighted by Gasteiger charge is 2.41. The summed E-state index contributed by atoms with van der Waals surface area (Å²) in [6, 6.07) is 6.27.